The molecule has 1 amide bonds. The minimum atomic E-state index is -0.721. The fraction of sp³-hybridized carbons (Fsp3) is 0.733. The van der Waals surface area contributed by atoms with Crippen molar-refractivity contribution in [2.75, 3.05) is 6.54 Å². The molecular weight excluding hydrogens is 254 g/mol. The van der Waals surface area contributed by atoms with Gasteiger partial charge in [-0.15, -0.1) is 0 Å². The van der Waals surface area contributed by atoms with Crippen LogP contribution in [0.4, 0.5) is 0 Å². The lowest BCUT2D eigenvalue weighted by molar-refractivity contribution is -0.123. The first-order valence-electron chi connectivity index (χ1n) is 7.49. The Hall–Kier alpha value is -1.36. The standard InChI is InChI=1S/C15H25N3O2/c1-12-9-13(2)18(17-12)10-14(19)16-11-15(20)7-5-3-4-6-8-15/h9,20H,3-8,10-11H2,1-2H3,(H,16,19). The van der Waals surface area contributed by atoms with E-state index in [0.29, 0.717) is 6.54 Å². The van der Waals surface area contributed by atoms with E-state index >= 15 is 0 Å². The minimum Gasteiger partial charge on any atom is -0.388 e. The normalized spacial score (nSPS) is 18.6. The first kappa shape index (κ1) is 15.0. The van der Waals surface area contributed by atoms with E-state index in [9.17, 15) is 9.90 Å². The molecule has 0 spiro atoms. The lowest BCUT2D eigenvalue weighted by atomic mass is 9.94. The Bertz CT molecular complexity index is 460. The summed E-state index contributed by atoms with van der Waals surface area (Å²) in [4.78, 5) is 12.0. The summed E-state index contributed by atoms with van der Waals surface area (Å²) in [5, 5.41) is 17.6. The summed E-state index contributed by atoms with van der Waals surface area (Å²) in [7, 11) is 0. The predicted molar refractivity (Wildman–Crippen MR) is 77.4 cm³/mol. The van der Waals surface area contributed by atoms with Gasteiger partial charge in [-0.2, -0.15) is 5.10 Å². The van der Waals surface area contributed by atoms with Crippen LogP contribution in [0.1, 0.15) is 49.9 Å². The van der Waals surface area contributed by atoms with E-state index < -0.39 is 5.60 Å². The molecular formula is C15H25N3O2. The highest BCUT2D eigenvalue weighted by molar-refractivity contribution is 5.75. The van der Waals surface area contributed by atoms with E-state index in [1.165, 1.54) is 12.8 Å². The van der Waals surface area contributed by atoms with Crippen molar-refractivity contribution in [2.24, 2.45) is 0 Å². The maximum atomic E-state index is 12.0. The molecule has 0 saturated heterocycles. The van der Waals surface area contributed by atoms with Gasteiger partial charge in [0.2, 0.25) is 5.91 Å². The molecule has 1 fully saturated rings. The van der Waals surface area contributed by atoms with Crippen molar-refractivity contribution in [2.45, 2.75) is 64.5 Å². The van der Waals surface area contributed by atoms with E-state index in [2.05, 4.69) is 10.4 Å². The molecule has 0 unspecified atom stereocenters. The summed E-state index contributed by atoms with van der Waals surface area (Å²) in [6, 6.07) is 1.95. The Balaban J connectivity index is 1.84. The van der Waals surface area contributed by atoms with E-state index in [0.717, 1.165) is 37.1 Å². The molecule has 0 radical (unpaired) electrons. The molecule has 1 aromatic rings. The molecule has 0 aromatic carbocycles. The second-order valence-electron chi connectivity index (χ2n) is 6.00. The highest BCUT2D eigenvalue weighted by Gasteiger charge is 2.28. The molecule has 0 bridgehead atoms. The Morgan fingerprint density at radius 2 is 2.00 bits per heavy atom. The molecule has 2 N–H and O–H groups in total. The van der Waals surface area contributed by atoms with Crippen molar-refractivity contribution in [1.29, 1.82) is 0 Å². The fourth-order valence-corrected chi connectivity index (χ4v) is 2.85. The van der Waals surface area contributed by atoms with Crippen molar-refractivity contribution in [1.82, 2.24) is 15.1 Å². The number of hydrogen-bond acceptors (Lipinski definition) is 3. The van der Waals surface area contributed by atoms with Gasteiger partial charge >= 0.3 is 0 Å². The summed E-state index contributed by atoms with van der Waals surface area (Å²) in [5.74, 6) is -0.0890. The number of carbonyl (C=O) groups is 1. The lowest BCUT2D eigenvalue weighted by Crippen LogP contribution is -2.43. The van der Waals surface area contributed by atoms with Crippen LogP contribution in [-0.2, 0) is 11.3 Å². The first-order chi connectivity index (χ1) is 9.48. The maximum Gasteiger partial charge on any atom is 0.241 e. The number of nitrogens with zero attached hydrogens (tertiary/aromatic N) is 2. The molecule has 1 aliphatic carbocycles. The SMILES string of the molecule is Cc1cc(C)n(CC(=O)NCC2(O)CCCCCC2)n1. The monoisotopic (exact) mass is 279 g/mol. The van der Waals surface area contributed by atoms with Crippen LogP contribution in [0.25, 0.3) is 0 Å². The fourth-order valence-electron chi connectivity index (χ4n) is 2.85. The van der Waals surface area contributed by atoms with Gasteiger partial charge in [-0.25, -0.2) is 0 Å². The summed E-state index contributed by atoms with van der Waals surface area (Å²) in [6.45, 7) is 4.42. The van der Waals surface area contributed by atoms with Crippen molar-refractivity contribution in [3.8, 4) is 0 Å². The van der Waals surface area contributed by atoms with E-state index in [-0.39, 0.29) is 12.5 Å². The third kappa shape index (κ3) is 4.07. The van der Waals surface area contributed by atoms with Crippen LogP contribution in [0, 0.1) is 13.8 Å². The van der Waals surface area contributed by atoms with Crippen LogP contribution >= 0.6 is 0 Å². The summed E-state index contributed by atoms with van der Waals surface area (Å²) in [6.07, 6.45) is 6.03. The second kappa shape index (κ2) is 6.39. The van der Waals surface area contributed by atoms with Crippen molar-refractivity contribution < 1.29 is 9.90 Å². The molecule has 20 heavy (non-hydrogen) atoms. The van der Waals surface area contributed by atoms with E-state index in [1.807, 2.05) is 19.9 Å². The average Bonchev–Trinajstić information content (AvgIpc) is 2.59. The first-order valence-corrected chi connectivity index (χ1v) is 7.49. The molecule has 5 nitrogen and oxygen atoms in total. The zero-order valence-electron chi connectivity index (χ0n) is 12.5. The number of aryl methyl sites for hydroxylation is 2. The quantitative estimate of drug-likeness (QED) is 0.824. The third-order valence-corrected chi connectivity index (χ3v) is 4.05. The van der Waals surface area contributed by atoms with Gasteiger partial charge in [-0.1, -0.05) is 25.7 Å². The van der Waals surface area contributed by atoms with E-state index in [4.69, 9.17) is 0 Å². The Labute approximate surface area is 120 Å². The Morgan fingerprint density at radius 1 is 1.35 bits per heavy atom. The van der Waals surface area contributed by atoms with Crippen molar-refractivity contribution >= 4 is 5.91 Å². The van der Waals surface area contributed by atoms with Gasteiger partial charge in [0, 0.05) is 12.2 Å². The number of aromatic nitrogens is 2. The number of rotatable bonds is 4. The molecule has 0 atom stereocenters. The molecule has 112 valence electrons. The minimum absolute atomic E-state index is 0.0890. The van der Waals surface area contributed by atoms with E-state index in [1.54, 1.807) is 4.68 Å². The molecule has 1 aromatic heterocycles. The summed E-state index contributed by atoms with van der Waals surface area (Å²) < 4.78 is 1.70. The van der Waals surface area contributed by atoms with Crippen LogP contribution in [0.15, 0.2) is 6.07 Å². The average molecular weight is 279 g/mol. The number of carbonyl (C=O) groups excluding carboxylic acids is 1. The van der Waals surface area contributed by atoms with Gasteiger partial charge in [0.1, 0.15) is 6.54 Å². The zero-order chi connectivity index (χ0) is 14.6. The maximum absolute atomic E-state index is 12.0. The van der Waals surface area contributed by atoms with Crippen LogP contribution in [0.5, 0.6) is 0 Å². The molecule has 1 saturated carbocycles. The Kier molecular flexibility index (Phi) is 4.81. The van der Waals surface area contributed by atoms with Crippen molar-refractivity contribution in [3.63, 3.8) is 0 Å². The van der Waals surface area contributed by atoms with Crippen molar-refractivity contribution in [3.05, 3.63) is 17.5 Å². The third-order valence-electron chi connectivity index (χ3n) is 4.05. The molecule has 1 aliphatic rings. The number of nitrogens with one attached hydrogen (secondary N) is 1. The highest BCUT2D eigenvalue weighted by atomic mass is 16.3. The zero-order valence-corrected chi connectivity index (χ0v) is 12.5. The molecule has 0 aliphatic heterocycles. The van der Waals surface area contributed by atoms with Crippen LogP contribution in [-0.4, -0.2) is 32.9 Å². The number of hydrogen-bond donors (Lipinski definition) is 2. The van der Waals surface area contributed by atoms with Gasteiger partial charge in [0.05, 0.1) is 11.3 Å². The van der Waals surface area contributed by atoms with Gasteiger partial charge in [0.25, 0.3) is 0 Å². The predicted octanol–water partition coefficient (Wildman–Crippen LogP) is 1.70. The van der Waals surface area contributed by atoms with Gasteiger partial charge in [-0.3, -0.25) is 9.48 Å². The molecule has 2 rings (SSSR count). The topological polar surface area (TPSA) is 67.2 Å². The van der Waals surface area contributed by atoms with Crippen LogP contribution in [0.2, 0.25) is 0 Å². The second-order valence-corrected chi connectivity index (χ2v) is 6.00. The smallest absolute Gasteiger partial charge is 0.241 e. The van der Waals surface area contributed by atoms with Crippen LogP contribution in [0.3, 0.4) is 0 Å². The highest BCUT2D eigenvalue weighted by Crippen LogP contribution is 2.26. The molecule has 1 heterocycles. The lowest BCUT2D eigenvalue weighted by Gasteiger charge is -2.26. The van der Waals surface area contributed by atoms with Gasteiger partial charge in [-0.05, 0) is 32.8 Å². The number of aliphatic hydroxyl groups is 1. The molecule has 5 heteroatoms. The van der Waals surface area contributed by atoms with Crippen LogP contribution < -0.4 is 5.32 Å². The largest absolute Gasteiger partial charge is 0.388 e. The van der Waals surface area contributed by atoms with Gasteiger partial charge < -0.3 is 10.4 Å². The summed E-state index contributed by atoms with van der Waals surface area (Å²) in [5.41, 5.74) is 1.17. The summed E-state index contributed by atoms with van der Waals surface area (Å²) >= 11 is 0. The Morgan fingerprint density at radius 3 is 2.55 bits per heavy atom. The van der Waals surface area contributed by atoms with Gasteiger partial charge in [0.15, 0.2) is 0 Å². The number of amides is 1.